The molecule has 0 aromatic rings. The average Bonchev–Trinajstić information content (AvgIpc) is 1.87. The highest BCUT2D eigenvalue weighted by atomic mass is 15.1. The van der Waals surface area contributed by atoms with Gasteiger partial charge in [-0.15, -0.1) is 0 Å². The predicted molar refractivity (Wildman–Crippen MR) is 41.1 cm³/mol. The van der Waals surface area contributed by atoms with E-state index in [1.54, 1.807) is 6.20 Å². The molecule has 2 nitrogen and oxygen atoms in total. The second kappa shape index (κ2) is 4.39. The van der Waals surface area contributed by atoms with Gasteiger partial charge in [-0.3, -0.25) is 0 Å². The summed E-state index contributed by atoms with van der Waals surface area (Å²) in [5, 5.41) is 0. The van der Waals surface area contributed by atoms with Gasteiger partial charge < -0.3 is 10.6 Å². The zero-order chi connectivity index (χ0) is 7.28. The molecule has 0 radical (unpaired) electrons. The SMILES string of the molecule is CCN(C)C(C)/C=C\N. The van der Waals surface area contributed by atoms with E-state index in [9.17, 15) is 0 Å². The molecule has 0 fully saturated rings. The lowest BCUT2D eigenvalue weighted by Gasteiger charge is -2.18. The van der Waals surface area contributed by atoms with Crippen molar-refractivity contribution in [1.82, 2.24) is 4.90 Å². The maximum Gasteiger partial charge on any atom is 0.0263 e. The van der Waals surface area contributed by atoms with E-state index in [-0.39, 0.29) is 0 Å². The predicted octanol–water partition coefficient (Wildman–Crippen LogP) is 0.799. The topological polar surface area (TPSA) is 29.3 Å². The van der Waals surface area contributed by atoms with Crippen LogP contribution >= 0.6 is 0 Å². The summed E-state index contributed by atoms with van der Waals surface area (Å²) in [6, 6.07) is 0.458. The van der Waals surface area contributed by atoms with Crippen molar-refractivity contribution < 1.29 is 0 Å². The lowest BCUT2D eigenvalue weighted by Crippen LogP contribution is -2.26. The minimum atomic E-state index is 0.458. The number of hydrogen-bond donors (Lipinski definition) is 1. The highest BCUT2D eigenvalue weighted by Crippen LogP contribution is 1.93. The normalized spacial score (nSPS) is 15.1. The van der Waals surface area contributed by atoms with E-state index < -0.39 is 0 Å². The molecule has 0 saturated heterocycles. The van der Waals surface area contributed by atoms with E-state index in [1.807, 2.05) is 6.08 Å². The van der Waals surface area contributed by atoms with Gasteiger partial charge in [0.25, 0.3) is 0 Å². The van der Waals surface area contributed by atoms with E-state index in [0.717, 1.165) is 6.54 Å². The van der Waals surface area contributed by atoms with Gasteiger partial charge in [-0.05, 0) is 26.7 Å². The zero-order valence-corrected chi connectivity index (χ0v) is 6.46. The smallest absolute Gasteiger partial charge is 0.0263 e. The molecule has 0 aromatic carbocycles. The van der Waals surface area contributed by atoms with Crippen molar-refractivity contribution >= 4 is 0 Å². The van der Waals surface area contributed by atoms with Gasteiger partial charge in [-0.2, -0.15) is 0 Å². The van der Waals surface area contributed by atoms with Crippen LogP contribution in [-0.4, -0.2) is 24.5 Å². The first kappa shape index (κ1) is 8.50. The van der Waals surface area contributed by atoms with Crippen LogP contribution in [0.4, 0.5) is 0 Å². The average molecular weight is 128 g/mol. The first-order valence-corrected chi connectivity index (χ1v) is 3.31. The molecular weight excluding hydrogens is 112 g/mol. The zero-order valence-electron chi connectivity index (χ0n) is 6.46. The maximum atomic E-state index is 5.21. The van der Waals surface area contributed by atoms with Crippen molar-refractivity contribution in [3.63, 3.8) is 0 Å². The molecule has 0 heterocycles. The van der Waals surface area contributed by atoms with Crippen molar-refractivity contribution in [3.8, 4) is 0 Å². The van der Waals surface area contributed by atoms with E-state index in [0.29, 0.717) is 6.04 Å². The summed E-state index contributed by atoms with van der Waals surface area (Å²) in [6.45, 7) is 5.30. The minimum Gasteiger partial charge on any atom is -0.405 e. The molecule has 2 heteroatoms. The third kappa shape index (κ3) is 3.14. The molecule has 0 rings (SSSR count). The third-order valence-corrected chi connectivity index (χ3v) is 1.58. The monoisotopic (exact) mass is 128 g/mol. The van der Waals surface area contributed by atoms with Crippen LogP contribution in [0.25, 0.3) is 0 Å². The van der Waals surface area contributed by atoms with Crippen molar-refractivity contribution in [2.24, 2.45) is 5.73 Å². The Morgan fingerprint density at radius 3 is 2.56 bits per heavy atom. The number of likely N-dealkylation sites (N-methyl/N-ethyl adjacent to an activating group) is 1. The first-order valence-electron chi connectivity index (χ1n) is 3.31. The molecule has 0 aliphatic rings. The Labute approximate surface area is 57.3 Å². The molecule has 0 spiro atoms. The van der Waals surface area contributed by atoms with E-state index >= 15 is 0 Å². The van der Waals surface area contributed by atoms with Crippen molar-refractivity contribution in [1.29, 1.82) is 0 Å². The van der Waals surface area contributed by atoms with E-state index in [2.05, 4.69) is 25.8 Å². The molecular formula is C7H16N2. The number of nitrogens with two attached hydrogens (primary N) is 1. The fourth-order valence-corrected chi connectivity index (χ4v) is 0.596. The van der Waals surface area contributed by atoms with Crippen molar-refractivity contribution in [3.05, 3.63) is 12.3 Å². The Morgan fingerprint density at radius 1 is 1.67 bits per heavy atom. The van der Waals surface area contributed by atoms with Crippen LogP contribution in [-0.2, 0) is 0 Å². The Morgan fingerprint density at radius 2 is 2.22 bits per heavy atom. The van der Waals surface area contributed by atoms with Crippen LogP contribution < -0.4 is 5.73 Å². The third-order valence-electron chi connectivity index (χ3n) is 1.58. The van der Waals surface area contributed by atoms with Crippen LogP contribution in [0, 0.1) is 0 Å². The summed E-state index contributed by atoms with van der Waals surface area (Å²) < 4.78 is 0. The van der Waals surface area contributed by atoms with Gasteiger partial charge in [0.05, 0.1) is 0 Å². The second-order valence-electron chi connectivity index (χ2n) is 2.20. The quantitative estimate of drug-likeness (QED) is 0.609. The Bertz CT molecular complexity index is 88.9. The van der Waals surface area contributed by atoms with Crippen LogP contribution in [0.3, 0.4) is 0 Å². The van der Waals surface area contributed by atoms with Gasteiger partial charge in [0.1, 0.15) is 0 Å². The Kier molecular flexibility index (Phi) is 4.14. The van der Waals surface area contributed by atoms with Gasteiger partial charge in [0, 0.05) is 6.04 Å². The summed E-state index contributed by atoms with van der Waals surface area (Å²) in [4.78, 5) is 2.21. The van der Waals surface area contributed by atoms with Gasteiger partial charge in [-0.25, -0.2) is 0 Å². The van der Waals surface area contributed by atoms with Crippen LogP contribution in [0.2, 0.25) is 0 Å². The van der Waals surface area contributed by atoms with Crippen molar-refractivity contribution in [2.75, 3.05) is 13.6 Å². The molecule has 0 bridgehead atoms. The summed E-state index contributed by atoms with van der Waals surface area (Å²) in [6.07, 6.45) is 3.57. The lowest BCUT2D eigenvalue weighted by atomic mass is 10.3. The molecule has 0 aliphatic carbocycles. The maximum absolute atomic E-state index is 5.21. The molecule has 0 saturated carbocycles. The Hall–Kier alpha value is -0.500. The molecule has 9 heavy (non-hydrogen) atoms. The number of hydrogen-bond acceptors (Lipinski definition) is 2. The number of nitrogens with zero attached hydrogens (tertiary/aromatic N) is 1. The van der Waals surface area contributed by atoms with Crippen LogP contribution in [0.15, 0.2) is 12.3 Å². The lowest BCUT2D eigenvalue weighted by molar-refractivity contribution is 0.313. The molecule has 0 aromatic heterocycles. The van der Waals surface area contributed by atoms with Gasteiger partial charge in [-0.1, -0.05) is 13.0 Å². The minimum absolute atomic E-state index is 0.458. The fraction of sp³-hybridized carbons (Fsp3) is 0.714. The van der Waals surface area contributed by atoms with Gasteiger partial charge in [0.15, 0.2) is 0 Å². The summed E-state index contributed by atoms with van der Waals surface area (Å²) in [7, 11) is 2.07. The highest BCUT2D eigenvalue weighted by molar-refractivity contribution is 4.87. The van der Waals surface area contributed by atoms with Crippen LogP contribution in [0.5, 0.6) is 0 Å². The summed E-state index contributed by atoms with van der Waals surface area (Å²) in [5.74, 6) is 0. The molecule has 0 amide bonds. The molecule has 1 atom stereocenters. The van der Waals surface area contributed by atoms with Gasteiger partial charge in [0.2, 0.25) is 0 Å². The summed E-state index contributed by atoms with van der Waals surface area (Å²) >= 11 is 0. The molecule has 0 aliphatic heterocycles. The molecule has 54 valence electrons. The van der Waals surface area contributed by atoms with Crippen molar-refractivity contribution in [2.45, 2.75) is 19.9 Å². The molecule has 2 N–H and O–H groups in total. The van der Waals surface area contributed by atoms with Crippen LogP contribution in [0.1, 0.15) is 13.8 Å². The van der Waals surface area contributed by atoms with Gasteiger partial charge >= 0.3 is 0 Å². The van der Waals surface area contributed by atoms with E-state index in [4.69, 9.17) is 5.73 Å². The molecule has 1 unspecified atom stereocenters. The fourth-order valence-electron chi connectivity index (χ4n) is 0.596. The first-order chi connectivity index (χ1) is 4.22. The highest BCUT2D eigenvalue weighted by Gasteiger charge is 1.99. The second-order valence-corrected chi connectivity index (χ2v) is 2.20. The van der Waals surface area contributed by atoms with E-state index in [1.165, 1.54) is 0 Å². The number of rotatable bonds is 3. The largest absolute Gasteiger partial charge is 0.405 e. The standard InChI is InChI=1S/C7H16N2/c1-4-9(3)7(2)5-6-8/h5-7H,4,8H2,1-3H3/b6-5-. The Balaban J connectivity index is 3.58. The summed E-state index contributed by atoms with van der Waals surface area (Å²) in [5.41, 5.74) is 5.21.